The van der Waals surface area contributed by atoms with Gasteiger partial charge in [-0.2, -0.15) is 0 Å². The lowest BCUT2D eigenvalue weighted by Crippen LogP contribution is -2.60. The molecule has 0 aliphatic carbocycles. The second-order valence-corrected chi connectivity index (χ2v) is 7.67. The number of hydrogen-bond donors (Lipinski definition) is 1. The van der Waals surface area contributed by atoms with Gasteiger partial charge >= 0.3 is 0 Å². The molecule has 3 nitrogen and oxygen atoms in total. The maximum Gasteiger partial charge on any atom is 0.0498 e. The van der Waals surface area contributed by atoms with Crippen molar-refractivity contribution in [2.24, 2.45) is 17.6 Å². The Bertz CT molecular complexity index is 330. The predicted octanol–water partition coefficient (Wildman–Crippen LogP) is 2.31. The van der Waals surface area contributed by atoms with Crippen LogP contribution in [0.5, 0.6) is 0 Å². The number of nitrogens with two attached hydrogens (primary N) is 1. The predicted molar refractivity (Wildman–Crippen MR) is 84.7 cm³/mol. The van der Waals surface area contributed by atoms with Gasteiger partial charge in [0.15, 0.2) is 0 Å². The summed E-state index contributed by atoms with van der Waals surface area (Å²) < 4.78 is 0. The molecule has 3 heteroatoms. The second-order valence-electron chi connectivity index (χ2n) is 7.67. The van der Waals surface area contributed by atoms with Crippen LogP contribution in [0.2, 0.25) is 0 Å². The third-order valence-corrected chi connectivity index (χ3v) is 6.51. The molecule has 0 radical (unpaired) electrons. The average molecular weight is 279 g/mol. The first-order valence-corrected chi connectivity index (χ1v) is 8.86. The molecular formula is C17H33N3. The molecule has 0 aromatic heterocycles. The lowest BCUT2D eigenvalue weighted by Gasteiger charge is -2.44. The van der Waals surface area contributed by atoms with Gasteiger partial charge in [0.05, 0.1) is 0 Å². The maximum absolute atomic E-state index is 6.33. The number of nitrogens with zero attached hydrogens (tertiary/aromatic N) is 2. The SMILES string of the molecule is CC(C)C1CCCN(C2(CN)CCN3CCCC32)CC1. The molecule has 0 aromatic carbocycles. The van der Waals surface area contributed by atoms with Crippen LogP contribution in [0.15, 0.2) is 0 Å². The van der Waals surface area contributed by atoms with E-state index in [-0.39, 0.29) is 0 Å². The first kappa shape index (κ1) is 14.8. The zero-order valence-electron chi connectivity index (χ0n) is 13.5. The van der Waals surface area contributed by atoms with E-state index in [2.05, 4.69) is 23.6 Å². The smallest absolute Gasteiger partial charge is 0.0498 e. The molecule has 3 unspecified atom stereocenters. The summed E-state index contributed by atoms with van der Waals surface area (Å²) in [5.74, 6) is 1.77. The fourth-order valence-corrected chi connectivity index (χ4v) is 5.18. The van der Waals surface area contributed by atoms with Crippen LogP contribution >= 0.6 is 0 Å². The Morgan fingerprint density at radius 1 is 1.05 bits per heavy atom. The van der Waals surface area contributed by atoms with Crippen LogP contribution in [-0.2, 0) is 0 Å². The highest BCUT2D eigenvalue weighted by Gasteiger charge is 2.51. The minimum Gasteiger partial charge on any atom is -0.329 e. The third kappa shape index (κ3) is 2.42. The number of hydrogen-bond acceptors (Lipinski definition) is 3. The molecule has 3 saturated heterocycles. The van der Waals surface area contributed by atoms with Gasteiger partial charge in [-0.05, 0) is 70.0 Å². The van der Waals surface area contributed by atoms with Gasteiger partial charge in [-0.3, -0.25) is 9.80 Å². The fourth-order valence-electron chi connectivity index (χ4n) is 5.18. The summed E-state index contributed by atoms with van der Waals surface area (Å²) in [4.78, 5) is 5.53. The minimum atomic E-state index is 0.308. The van der Waals surface area contributed by atoms with Gasteiger partial charge in [-0.25, -0.2) is 0 Å². The lowest BCUT2D eigenvalue weighted by atomic mass is 9.86. The highest BCUT2D eigenvalue weighted by molar-refractivity contribution is 5.10. The molecule has 0 amide bonds. The van der Waals surface area contributed by atoms with Crippen molar-refractivity contribution in [2.45, 2.75) is 64.0 Å². The Morgan fingerprint density at radius 2 is 1.85 bits per heavy atom. The summed E-state index contributed by atoms with van der Waals surface area (Å²) >= 11 is 0. The normalized spacial score (nSPS) is 40.2. The first-order valence-electron chi connectivity index (χ1n) is 8.86. The van der Waals surface area contributed by atoms with Gasteiger partial charge in [-0.15, -0.1) is 0 Å². The summed E-state index contributed by atoms with van der Waals surface area (Å²) in [7, 11) is 0. The van der Waals surface area contributed by atoms with E-state index in [1.165, 1.54) is 64.7 Å². The second kappa shape index (κ2) is 5.94. The monoisotopic (exact) mass is 279 g/mol. The third-order valence-electron chi connectivity index (χ3n) is 6.51. The molecule has 0 aromatic rings. The van der Waals surface area contributed by atoms with E-state index in [0.717, 1.165) is 24.4 Å². The fraction of sp³-hybridized carbons (Fsp3) is 1.00. The van der Waals surface area contributed by atoms with Crippen molar-refractivity contribution in [1.82, 2.24) is 9.80 Å². The topological polar surface area (TPSA) is 32.5 Å². The molecule has 0 saturated carbocycles. The number of rotatable bonds is 3. The van der Waals surface area contributed by atoms with Crippen molar-refractivity contribution in [3.05, 3.63) is 0 Å². The van der Waals surface area contributed by atoms with Crippen molar-refractivity contribution < 1.29 is 0 Å². The van der Waals surface area contributed by atoms with Crippen LogP contribution in [0.25, 0.3) is 0 Å². The van der Waals surface area contributed by atoms with Gasteiger partial charge in [0, 0.05) is 24.7 Å². The summed E-state index contributed by atoms with van der Waals surface area (Å²) in [6.45, 7) is 10.8. The van der Waals surface area contributed by atoms with E-state index in [9.17, 15) is 0 Å². The maximum atomic E-state index is 6.33. The lowest BCUT2D eigenvalue weighted by molar-refractivity contribution is 0.0667. The highest BCUT2D eigenvalue weighted by Crippen LogP contribution is 2.41. The summed E-state index contributed by atoms with van der Waals surface area (Å²) in [6, 6.07) is 0.753. The van der Waals surface area contributed by atoms with Gasteiger partial charge in [0.2, 0.25) is 0 Å². The van der Waals surface area contributed by atoms with E-state index in [0.29, 0.717) is 5.54 Å². The largest absolute Gasteiger partial charge is 0.329 e. The Labute approximate surface area is 124 Å². The van der Waals surface area contributed by atoms with Gasteiger partial charge in [-0.1, -0.05) is 13.8 Å². The molecule has 3 fully saturated rings. The Hall–Kier alpha value is -0.120. The Balaban J connectivity index is 1.73. The Morgan fingerprint density at radius 3 is 2.60 bits per heavy atom. The van der Waals surface area contributed by atoms with Crippen LogP contribution in [0.4, 0.5) is 0 Å². The van der Waals surface area contributed by atoms with E-state index >= 15 is 0 Å². The molecule has 3 atom stereocenters. The molecule has 2 N–H and O–H groups in total. The molecule has 0 bridgehead atoms. The summed E-state index contributed by atoms with van der Waals surface area (Å²) in [6.07, 6.45) is 8.24. The van der Waals surface area contributed by atoms with Crippen molar-refractivity contribution >= 4 is 0 Å². The molecular weight excluding hydrogens is 246 g/mol. The molecule has 3 aliphatic heterocycles. The van der Waals surface area contributed by atoms with Crippen molar-refractivity contribution in [1.29, 1.82) is 0 Å². The van der Waals surface area contributed by atoms with Crippen LogP contribution in [-0.4, -0.2) is 54.1 Å². The highest BCUT2D eigenvalue weighted by atomic mass is 15.3. The van der Waals surface area contributed by atoms with E-state index in [1.54, 1.807) is 0 Å². The Kier molecular flexibility index (Phi) is 4.40. The molecule has 116 valence electrons. The van der Waals surface area contributed by atoms with E-state index in [1.807, 2.05) is 0 Å². The van der Waals surface area contributed by atoms with Crippen molar-refractivity contribution in [2.75, 3.05) is 32.7 Å². The van der Waals surface area contributed by atoms with Crippen molar-refractivity contribution in [3.63, 3.8) is 0 Å². The van der Waals surface area contributed by atoms with Crippen LogP contribution in [0, 0.1) is 11.8 Å². The standard InChI is InChI=1S/C17H33N3/c1-14(2)15-5-3-10-20(11-7-15)17(13-18)8-12-19-9-4-6-16(17)19/h14-16H,3-13,18H2,1-2H3. The molecule has 0 spiro atoms. The van der Waals surface area contributed by atoms with Crippen LogP contribution < -0.4 is 5.73 Å². The van der Waals surface area contributed by atoms with Gasteiger partial charge in [0.25, 0.3) is 0 Å². The van der Waals surface area contributed by atoms with E-state index < -0.39 is 0 Å². The van der Waals surface area contributed by atoms with Crippen molar-refractivity contribution in [3.8, 4) is 0 Å². The minimum absolute atomic E-state index is 0.308. The first-order chi connectivity index (χ1) is 9.67. The number of fused-ring (bicyclic) bond motifs is 1. The molecule has 3 heterocycles. The average Bonchev–Trinajstić information content (AvgIpc) is 2.93. The van der Waals surface area contributed by atoms with Gasteiger partial charge in [0.1, 0.15) is 0 Å². The zero-order valence-corrected chi connectivity index (χ0v) is 13.5. The van der Waals surface area contributed by atoms with E-state index in [4.69, 9.17) is 5.73 Å². The molecule has 20 heavy (non-hydrogen) atoms. The molecule has 3 aliphatic rings. The number of likely N-dealkylation sites (tertiary alicyclic amines) is 1. The summed E-state index contributed by atoms with van der Waals surface area (Å²) in [5.41, 5.74) is 6.64. The van der Waals surface area contributed by atoms with Crippen LogP contribution in [0.3, 0.4) is 0 Å². The van der Waals surface area contributed by atoms with Gasteiger partial charge < -0.3 is 5.73 Å². The molecule has 3 rings (SSSR count). The quantitative estimate of drug-likeness (QED) is 0.860. The summed E-state index contributed by atoms with van der Waals surface area (Å²) in [5, 5.41) is 0. The zero-order chi connectivity index (χ0) is 14.2. The van der Waals surface area contributed by atoms with Crippen LogP contribution in [0.1, 0.15) is 52.4 Å².